The highest BCUT2D eigenvalue weighted by Crippen LogP contribution is 2.22. The van der Waals surface area contributed by atoms with Crippen LogP contribution in [-0.2, 0) is 4.79 Å². The molecule has 0 aliphatic rings. The number of para-hydroxylation sites is 3. The minimum absolute atomic E-state index is 0.0566. The summed E-state index contributed by atoms with van der Waals surface area (Å²) in [6.07, 6.45) is 1.24. The van der Waals surface area contributed by atoms with Gasteiger partial charge in [0.1, 0.15) is 5.52 Å². The molecule has 3 rings (SSSR count). The summed E-state index contributed by atoms with van der Waals surface area (Å²) in [5.41, 5.74) is 3.92. The van der Waals surface area contributed by atoms with E-state index < -0.39 is 4.92 Å². The van der Waals surface area contributed by atoms with Gasteiger partial charge in [0.2, 0.25) is 0 Å². The molecule has 8 nitrogen and oxygen atoms in total. The fourth-order valence-corrected chi connectivity index (χ4v) is 2.64. The fourth-order valence-electron chi connectivity index (χ4n) is 2.01. The lowest BCUT2D eigenvalue weighted by molar-refractivity contribution is -0.385. The number of nitro groups is 1. The third-order valence-corrected chi connectivity index (χ3v) is 3.96. The van der Waals surface area contributed by atoms with Crippen molar-refractivity contribution in [2.75, 3.05) is 5.75 Å². The summed E-state index contributed by atoms with van der Waals surface area (Å²) in [5.74, 6) is -0.316. The molecule has 1 heterocycles. The molecule has 25 heavy (non-hydrogen) atoms. The van der Waals surface area contributed by atoms with Crippen LogP contribution in [0.2, 0.25) is 0 Å². The van der Waals surface area contributed by atoms with Gasteiger partial charge in [0.05, 0.1) is 22.5 Å². The smallest absolute Gasteiger partial charge is 0.278 e. The first kappa shape index (κ1) is 16.7. The van der Waals surface area contributed by atoms with Gasteiger partial charge in [0.25, 0.3) is 16.8 Å². The molecule has 2 aromatic carbocycles. The summed E-state index contributed by atoms with van der Waals surface area (Å²) in [5, 5.41) is 15.0. The molecule has 0 fully saturated rings. The first-order chi connectivity index (χ1) is 12.1. The van der Waals surface area contributed by atoms with Crippen molar-refractivity contribution < 1.29 is 14.1 Å². The Morgan fingerprint density at radius 2 is 2.04 bits per heavy atom. The number of hydrogen-bond acceptors (Lipinski definition) is 7. The van der Waals surface area contributed by atoms with Crippen LogP contribution in [0.25, 0.3) is 11.1 Å². The SMILES string of the molecule is O=C(CSc1nc2ccccc2o1)N/N=C/c1ccccc1[N+](=O)[O-]. The van der Waals surface area contributed by atoms with Crippen LogP contribution in [0, 0.1) is 10.1 Å². The molecule has 0 spiro atoms. The Morgan fingerprint density at radius 1 is 1.28 bits per heavy atom. The third-order valence-electron chi connectivity index (χ3n) is 3.13. The number of oxazole rings is 1. The first-order valence-corrected chi connectivity index (χ1v) is 8.16. The van der Waals surface area contributed by atoms with Gasteiger partial charge in [-0.1, -0.05) is 36.0 Å². The van der Waals surface area contributed by atoms with Crippen molar-refractivity contribution >= 4 is 40.7 Å². The predicted molar refractivity (Wildman–Crippen MR) is 93.6 cm³/mol. The molecule has 0 radical (unpaired) electrons. The number of aromatic nitrogens is 1. The van der Waals surface area contributed by atoms with E-state index >= 15 is 0 Å². The van der Waals surface area contributed by atoms with Crippen molar-refractivity contribution in [3.63, 3.8) is 0 Å². The number of thioether (sulfide) groups is 1. The average molecular weight is 356 g/mol. The average Bonchev–Trinajstić information content (AvgIpc) is 3.03. The van der Waals surface area contributed by atoms with Crippen molar-refractivity contribution in [2.45, 2.75) is 5.22 Å². The van der Waals surface area contributed by atoms with E-state index in [1.165, 1.54) is 12.3 Å². The number of hydrogen-bond donors (Lipinski definition) is 1. The molecule has 126 valence electrons. The van der Waals surface area contributed by atoms with Crippen LogP contribution in [0.1, 0.15) is 5.56 Å². The second-order valence-corrected chi connectivity index (χ2v) is 5.77. The molecular formula is C16H12N4O4S. The van der Waals surface area contributed by atoms with E-state index in [1.54, 1.807) is 24.3 Å². The summed E-state index contributed by atoms with van der Waals surface area (Å²) in [4.78, 5) is 26.4. The van der Waals surface area contributed by atoms with Crippen molar-refractivity contribution in [3.8, 4) is 0 Å². The Morgan fingerprint density at radius 3 is 2.84 bits per heavy atom. The molecule has 0 unspecified atom stereocenters. The highest BCUT2D eigenvalue weighted by Gasteiger charge is 2.11. The Hall–Kier alpha value is -3.20. The predicted octanol–water partition coefficient (Wildman–Crippen LogP) is 2.98. The second-order valence-electron chi connectivity index (χ2n) is 4.85. The lowest BCUT2D eigenvalue weighted by atomic mass is 10.2. The number of benzene rings is 2. The van der Waals surface area contributed by atoms with E-state index in [-0.39, 0.29) is 17.3 Å². The van der Waals surface area contributed by atoms with Gasteiger partial charge in [-0.05, 0) is 18.2 Å². The van der Waals surface area contributed by atoms with Crippen LogP contribution in [-0.4, -0.2) is 27.8 Å². The molecule has 3 aromatic rings. The van der Waals surface area contributed by atoms with E-state index in [0.717, 1.165) is 17.3 Å². The van der Waals surface area contributed by atoms with Crippen LogP contribution < -0.4 is 5.43 Å². The first-order valence-electron chi connectivity index (χ1n) is 7.17. The van der Waals surface area contributed by atoms with Gasteiger partial charge in [0, 0.05) is 6.07 Å². The largest absolute Gasteiger partial charge is 0.431 e. The van der Waals surface area contributed by atoms with Gasteiger partial charge in [0.15, 0.2) is 5.58 Å². The van der Waals surface area contributed by atoms with Crippen molar-refractivity contribution in [1.29, 1.82) is 0 Å². The van der Waals surface area contributed by atoms with Crippen LogP contribution >= 0.6 is 11.8 Å². The molecule has 1 N–H and O–H groups in total. The molecule has 0 aliphatic heterocycles. The maximum atomic E-state index is 11.8. The maximum absolute atomic E-state index is 11.8. The highest BCUT2D eigenvalue weighted by molar-refractivity contribution is 7.99. The molecule has 0 bridgehead atoms. The summed E-state index contributed by atoms with van der Waals surface area (Å²) in [6.45, 7) is 0. The molecule has 0 atom stereocenters. The monoisotopic (exact) mass is 356 g/mol. The molecule has 1 aromatic heterocycles. The van der Waals surface area contributed by atoms with Gasteiger partial charge in [-0.25, -0.2) is 10.4 Å². The normalized spacial score (nSPS) is 11.0. The number of carbonyl (C=O) groups is 1. The topological polar surface area (TPSA) is 111 Å². The lowest BCUT2D eigenvalue weighted by Gasteiger charge is -1.98. The Bertz CT molecular complexity index is 921. The summed E-state index contributed by atoms with van der Waals surface area (Å²) in [6, 6.07) is 13.4. The number of nitrogens with zero attached hydrogens (tertiary/aromatic N) is 3. The van der Waals surface area contributed by atoms with E-state index in [9.17, 15) is 14.9 Å². The van der Waals surface area contributed by atoms with E-state index in [0.29, 0.717) is 16.4 Å². The van der Waals surface area contributed by atoms with Crippen molar-refractivity contribution in [2.24, 2.45) is 5.10 Å². The van der Waals surface area contributed by atoms with Crippen molar-refractivity contribution in [1.82, 2.24) is 10.4 Å². The molecule has 9 heteroatoms. The number of nitro benzene ring substituents is 1. The zero-order chi connectivity index (χ0) is 17.6. The molecule has 0 saturated heterocycles. The Balaban J connectivity index is 1.55. The van der Waals surface area contributed by atoms with Gasteiger partial charge in [-0.3, -0.25) is 14.9 Å². The zero-order valence-electron chi connectivity index (χ0n) is 12.8. The van der Waals surface area contributed by atoms with Crippen LogP contribution in [0.3, 0.4) is 0 Å². The van der Waals surface area contributed by atoms with Crippen LogP contribution in [0.5, 0.6) is 0 Å². The van der Waals surface area contributed by atoms with Gasteiger partial charge in [-0.2, -0.15) is 5.10 Å². The Kier molecular flexibility index (Phi) is 5.05. The fraction of sp³-hybridized carbons (Fsp3) is 0.0625. The minimum atomic E-state index is -0.508. The van der Waals surface area contributed by atoms with Crippen molar-refractivity contribution in [3.05, 3.63) is 64.2 Å². The molecule has 0 aliphatic carbocycles. The second kappa shape index (κ2) is 7.58. The molecule has 0 saturated carbocycles. The number of fused-ring (bicyclic) bond motifs is 1. The molecule has 1 amide bonds. The van der Waals surface area contributed by atoms with Gasteiger partial charge >= 0.3 is 0 Å². The summed E-state index contributed by atoms with van der Waals surface area (Å²) in [7, 11) is 0. The van der Waals surface area contributed by atoms with Crippen LogP contribution in [0.15, 0.2) is 63.3 Å². The summed E-state index contributed by atoms with van der Waals surface area (Å²) < 4.78 is 5.49. The van der Waals surface area contributed by atoms with E-state index in [1.807, 2.05) is 18.2 Å². The number of nitrogens with one attached hydrogen (secondary N) is 1. The Labute approximate surface area is 146 Å². The number of hydrazone groups is 1. The van der Waals surface area contributed by atoms with Gasteiger partial charge < -0.3 is 4.42 Å². The van der Waals surface area contributed by atoms with Gasteiger partial charge in [-0.15, -0.1) is 0 Å². The highest BCUT2D eigenvalue weighted by atomic mass is 32.2. The standard InChI is InChI=1S/C16H12N4O4S/c21-15(10-25-16-18-12-6-2-4-8-14(12)24-16)19-17-9-11-5-1-3-7-13(11)20(22)23/h1-9H,10H2,(H,19,21)/b17-9+. The maximum Gasteiger partial charge on any atom is 0.278 e. The number of carbonyl (C=O) groups excluding carboxylic acids is 1. The van der Waals surface area contributed by atoms with Crippen LogP contribution in [0.4, 0.5) is 5.69 Å². The van der Waals surface area contributed by atoms with E-state index in [4.69, 9.17) is 4.42 Å². The summed E-state index contributed by atoms with van der Waals surface area (Å²) >= 11 is 1.14. The van der Waals surface area contributed by atoms with E-state index in [2.05, 4.69) is 15.5 Å². The minimum Gasteiger partial charge on any atom is -0.431 e. The zero-order valence-corrected chi connectivity index (χ0v) is 13.6. The third kappa shape index (κ3) is 4.21. The lowest BCUT2D eigenvalue weighted by Crippen LogP contribution is -2.19. The molecular weight excluding hydrogens is 344 g/mol. The number of rotatable bonds is 6. The number of amides is 1. The quantitative estimate of drug-likeness (QED) is 0.315.